The van der Waals surface area contributed by atoms with Gasteiger partial charge in [-0.1, -0.05) is 18.2 Å². The van der Waals surface area contributed by atoms with Crippen molar-refractivity contribution >= 4 is 0 Å². The third kappa shape index (κ3) is 2.79. The van der Waals surface area contributed by atoms with E-state index in [0.29, 0.717) is 13.2 Å². The average Bonchev–Trinajstić information content (AvgIpc) is 2.56. The molecule has 0 fully saturated rings. The molecule has 0 aliphatic carbocycles. The molecule has 0 radical (unpaired) electrons. The van der Waals surface area contributed by atoms with E-state index in [1.54, 1.807) is 7.11 Å². The van der Waals surface area contributed by atoms with Crippen molar-refractivity contribution in [3.8, 4) is 17.2 Å². The molecule has 1 atom stereocenters. The van der Waals surface area contributed by atoms with E-state index in [0.717, 1.165) is 28.4 Å². The van der Waals surface area contributed by atoms with Crippen molar-refractivity contribution in [3.05, 3.63) is 53.6 Å². The summed E-state index contributed by atoms with van der Waals surface area (Å²) in [6.07, 6.45) is 0. The van der Waals surface area contributed by atoms with Crippen molar-refractivity contribution in [1.29, 1.82) is 0 Å². The van der Waals surface area contributed by atoms with Gasteiger partial charge >= 0.3 is 0 Å². The molecule has 0 saturated carbocycles. The smallest absolute Gasteiger partial charge is 0.161 e. The first-order chi connectivity index (χ1) is 10.3. The molecule has 1 aliphatic rings. The summed E-state index contributed by atoms with van der Waals surface area (Å²) in [6, 6.07) is 13.5. The lowest BCUT2D eigenvalue weighted by atomic mass is 9.98. The molecule has 0 amide bonds. The number of nitrogens with one attached hydrogen (secondary N) is 1. The molecule has 5 nitrogen and oxygen atoms in total. The van der Waals surface area contributed by atoms with E-state index in [-0.39, 0.29) is 6.04 Å². The first-order valence-corrected chi connectivity index (χ1v) is 6.81. The second-order valence-corrected chi connectivity index (χ2v) is 4.78. The largest absolute Gasteiger partial charge is 0.497 e. The lowest BCUT2D eigenvalue weighted by Gasteiger charge is -2.22. The van der Waals surface area contributed by atoms with Crippen LogP contribution in [0.5, 0.6) is 17.2 Å². The predicted octanol–water partition coefficient (Wildman–Crippen LogP) is 2.02. The van der Waals surface area contributed by atoms with Gasteiger partial charge in [0.05, 0.1) is 13.2 Å². The fourth-order valence-electron chi connectivity index (χ4n) is 2.42. The van der Waals surface area contributed by atoms with Crippen LogP contribution in [0.1, 0.15) is 17.2 Å². The number of fused-ring (bicyclic) bond motifs is 1. The Labute approximate surface area is 123 Å². The van der Waals surface area contributed by atoms with E-state index in [1.165, 1.54) is 0 Å². The molecule has 5 heteroatoms. The van der Waals surface area contributed by atoms with Gasteiger partial charge in [0.1, 0.15) is 19.0 Å². The minimum atomic E-state index is -0.119. The molecule has 1 aliphatic heterocycles. The molecule has 1 unspecified atom stereocenters. The fraction of sp³-hybridized carbons (Fsp3) is 0.250. The van der Waals surface area contributed by atoms with Gasteiger partial charge in [-0.05, 0) is 35.4 Å². The maximum Gasteiger partial charge on any atom is 0.161 e. The Hall–Kier alpha value is -2.24. The quantitative estimate of drug-likeness (QED) is 0.665. The average molecular weight is 286 g/mol. The van der Waals surface area contributed by atoms with E-state index < -0.39 is 0 Å². The highest BCUT2D eigenvalue weighted by atomic mass is 16.6. The zero-order chi connectivity index (χ0) is 14.7. The maximum atomic E-state index is 5.73. The third-order valence-electron chi connectivity index (χ3n) is 3.52. The topological polar surface area (TPSA) is 65.7 Å². The summed E-state index contributed by atoms with van der Waals surface area (Å²) >= 11 is 0. The molecule has 2 aromatic rings. The van der Waals surface area contributed by atoms with Gasteiger partial charge in [0.25, 0.3) is 0 Å². The van der Waals surface area contributed by atoms with Crippen LogP contribution in [0.2, 0.25) is 0 Å². The number of benzene rings is 2. The van der Waals surface area contributed by atoms with Crippen molar-refractivity contribution < 1.29 is 14.2 Å². The molecule has 0 saturated heterocycles. The summed E-state index contributed by atoms with van der Waals surface area (Å²) in [5, 5.41) is 0. The summed E-state index contributed by atoms with van der Waals surface area (Å²) in [5.41, 5.74) is 4.91. The molecule has 0 aromatic heterocycles. The number of ether oxygens (including phenoxy) is 3. The van der Waals surface area contributed by atoms with Crippen LogP contribution in [-0.2, 0) is 0 Å². The molecular weight excluding hydrogens is 268 g/mol. The third-order valence-corrected chi connectivity index (χ3v) is 3.52. The maximum absolute atomic E-state index is 5.73. The molecule has 0 spiro atoms. The van der Waals surface area contributed by atoms with Crippen LogP contribution in [0.15, 0.2) is 42.5 Å². The van der Waals surface area contributed by atoms with Gasteiger partial charge in [0.2, 0.25) is 0 Å². The Kier molecular flexibility index (Phi) is 3.94. The van der Waals surface area contributed by atoms with Crippen molar-refractivity contribution in [1.82, 2.24) is 5.43 Å². The summed E-state index contributed by atoms with van der Waals surface area (Å²) in [6.45, 7) is 1.16. The van der Waals surface area contributed by atoms with Crippen LogP contribution >= 0.6 is 0 Å². The van der Waals surface area contributed by atoms with E-state index >= 15 is 0 Å². The number of rotatable bonds is 4. The molecule has 1 heterocycles. The Morgan fingerprint density at radius 3 is 2.33 bits per heavy atom. The number of hydrogen-bond donors (Lipinski definition) is 2. The van der Waals surface area contributed by atoms with Crippen LogP contribution in [0, 0.1) is 0 Å². The molecule has 3 rings (SSSR count). The Balaban J connectivity index is 1.91. The van der Waals surface area contributed by atoms with Gasteiger partial charge in [-0.25, -0.2) is 5.43 Å². The van der Waals surface area contributed by atoms with Crippen LogP contribution in [0.3, 0.4) is 0 Å². The van der Waals surface area contributed by atoms with Crippen molar-refractivity contribution in [3.63, 3.8) is 0 Å². The van der Waals surface area contributed by atoms with Crippen molar-refractivity contribution in [2.45, 2.75) is 6.04 Å². The summed E-state index contributed by atoms with van der Waals surface area (Å²) in [4.78, 5) is 0. The van der Waals surface area contributed by atoms with Crippen LogP contribution < -0.4 is 25.5 Å². The van der Waals surface area contributed by atoms with Crippen LogP contribution in [0.4, 0.5) is 0 Å². The second kappa shape index (κ2) is 6.03. The van der Waals surface area contributed by atoms with Crippen molar-refractivity contribution in [2.75, 3.05) is 20.3 Å². The van der Waals surface area contributed by atoms with Gasteiger partial charge in [-0.2, -0.15) is 0 Å². The van der Waals surface area contributed by atoms with Crippen LogP contribution in [-0.4, -0.2) is 20.3 Å². The molecule has 110 valence electrons. The van der Waals surface area contributed by atoms with Gasteiger partial charge in [0, 0.05) is 0 Å². The number of hydrazine groups is 1. The predicted molar refractivity (Wildman–Crippen MR) is 79.6 cm³/mol. The van der Waals surface area contributed by atoms with Gasteiger partial charge in [0.15, 0.2) is 11.5 Å². The van der Waals surface area contributed by atoms with E-state index in [2.05, 4.69) is 5.43 Å². The second-order valence-electron chi connectivity index (χ2n) is 4.78. The zero-order valence-electron chi connectivity index (χ0n) is 11.8. The summed E-state index contributed by atoms with van der Waals surface area (Å²) in [7, 11) is 1.65. The highest BCUT2D eigenvalue weighted by Gasteiger charge is 2.17. The molecular formula is C16H18N2O3. The number of methoxy groups -OCH3 is 1. The van der Waals surface area contributed by atoms with E-state index in [4.69, 9.17) is 20.1 Å². The minimum absolute atomic E-state index is 0.119. The Morgan fingerprint density at radius 1 is 1.00 bits per heavy atom. The first-order valence-electron chi connectivity index (χ1n) is 6.81. The first kappa shape index (κ1) is 13.7. The minimum Gasteiger partial charge on any atom is -0.497 e. The van der Waals surface area contributed by atoms with E-state index in [1.807, 2.05) is 42.5 Å². The van der Waals surface area contributed by atoms with Gasteiger partial charge < -0.3 is 14.2 Å². The summed E-state index contributed by atoms with van der Waals surface area (Å²) in [5.74, 6) is 8.08. The Morgan fingerprint density at radius 2 is 1.67 bits per heavy atom. The highest BCUT2D eigenvalue weighted by molar-refractivity contribution is 5.47. The van der Waals surface area contributed by atoms with Crippen LogP contribution in [0.25, 0.3) is 0 Å². The molecule has 2 aromatic carbocycles. The van der Waals surface area contributed by atoms with Gasteiger partial charge in [-0.3, -0.25) is 5.84 Å². The lowest BCUT2D eigenvalue weighted by Crippen LogP contribution is -2.29. The lowest BCUT2D eigenvalue weighted by molar-refractivity contribution is 0.171. The molecule has 0 bridgehead atoms. The standard InChI is InChI=1S/C16H18N2O3/c1-19-13-5-2-11(3-6-13)16(18-17)12-4-7-14-15(10-12)21-9-8-20-14/h2-7,10,16,18H,8-9,17H2,1H3. The fourth-order valence-corrected chi connectivity index (χ4v) is 2.42. The normalized spacial score (nSPS) is 14.6. The highest BCUT2D eigenvalue weighted by Crippen LogP contribution is 2.34. The van der Waals surface area contributed by atoms with E-state index in [9.17, 15) is 0 Å². The number of hydrogen-bond acceptors (Lipinski definition) is 5. The molecule has 3 N–H and O–H groups in total. The van der Waals surface area contributed by atoms with Gasteiger partial charge in [-0.15, -0.1) is 0 Å². The number of nitrogens with two attached hydrogens (primary N) is 1. The SMILES string of the molecule is COc1ccc(C(NN)c2ccc3c(c2)OCCO3)cc1. The monoisotopic (exact) mass is 286 g/mol. The zero-order valence-corrected chi connectivity index (χ0v) is 11.8. The van der Waals surface area contributed by atoms with Crippen molar-refractivity contribution in [2.24, 2.45) is 5.84 Å². The molecule has 21 heavy (non-hydrogen) atoms. The Bertz CT molecular complexity index is 613. The summed E-state index contributed by atoms with van der Waals surface area (Å²) < 4.78 is 16.3.